The van der Waals surface area contributed by atoms with Crippen LogP contribution in [0, 0.1) is 20.8 Å². The Bertz CT molecular complexity index is 817. The molecule has 1 N–H and O–H groups in total. The number of phenolic OH excluding ortho intramolecular Hbond substituents is 1. The molecule has 1 atom stereocenters. The lowest BCUT2D eigenvalue weighted by Crippen LogP contribution is -2.16. The van der Waals surface area contributed by atoms with Crippen molar-refractivity contribution in [1.29, 1.82) is 0 Å². The molecule has 1 nitrogen and oxygen atoms in total. The SMILES string of the molecule is Cc1cc(C(C)P(c2ccccc2)c2ccccc2)c(C)c(C)c1O. The molecule has 0 aromatic heterocycles. The maximum Gasteiger partial charge on any atom is 0.121 e. The van der Waals surface area contributed by atoms with Gasteiger partial charge in [-0.1, -0.05) is 73.7 Å². The van der Waals surface area contributed by atoms with E-state index in [1.54, 1.807) is 0 Å². The fraction of sp³-hybridized carbons (Fsp3) is 0.217. The molecule has 0 amide bonds. The molecule has 3 aromatic carbocycles. The van der Waals surface area contributed by atoms with Crippen LogP contribution in [0.25, 0.3) is 0 Å². The average molecular weight is 348 g/mol. The van der Waals surface area contributed by atoms with Gasteiger partial charge in [0.15, 0.2) is 0 Å². The second kappa shape index (κ2) is 7.42. The first-order valence-electron chi connectivity index (χ1n) is 8.69. The number of rotatable bonds is 4. The maximum atomic E-state index is 10.3. The standard InChI is InChI=1S/C23H25OP/c1-16-15-22(17(2)18(3)23(16)24)19(4)25(20-11-7-5-8-12-20)21-13-9-6-10-14-21/h5-15,19,24H,1-4H3. The molecule has 3 aromatic rings. The topological polar surface area (TPSA) is 20.2 Å². The maximum absolute atomic E-state index is 10.3. The van der Waals surface area contributed by atoms with Crippen molar-refractivity contribution >= 4 is 18.5 Å². The molecule has 0 fully saturated rings. The summed E-state index contributed by atoms with van der Waals surface area (Å²) in [5.41, 5.74) is 4.87. The second-order valence-corrected chi connectivity index (χ2v) is 9.15. The first kappa shape index (κ1) is 17.7. The van der Waals surface area contributed by atoms with E-state index in [9.17, 15) is 5.11 Å². The summed E-state index contributed by atoms with van der Waals surface area (Å²) in [5.74, 6) is 0.428. The summed E-state index contributed by atoms with van der Waals surface area (Å²) < 4.78 is 0. The number of aromatic hydroxyl groups is 1. The summed E-state index contributed by atoms with van der Waals surface area (Å²) in [6.07, 6.45) is 0. The van der Waals surface area contributed by atoms with Crippen LogP contribution in [-0.4, -0.2) is 5.11 Å². The van der Waals surface area contributed by atoms with Crippen molar-refractivity contribution in [3.8, 4) is 5.75 Å². The zero-order chi connectivity index (χ0) is 18.0. The smallest absolute Gasteiger partial charge is 0.121 e. The molecular formula is C23H25OP. The van der Waals surface area contributed by atoms with Crippen molar-refractivity contribution in [3.05, 3.63) is 89.0 Å². The normalized spacial score (nSPS) is 12.4. The van der Waals surface area contributed by atoms with Gasteiger partial charge in [0.1, 0.15) is 5.75 Å². The van der Waals surface area contributed by atoms with Crippen LogP contribution in [0.1, 0.15) is 34.8 Å². The van der Waals surface area contributed by atoms with Crippen LogP contribution in [0.4, 0.5) is 0 Å². The summed E-state index contributed by atoms with van der Waals surface area (Å²) in [5, 5.41) is 13.0. The number of phenols is 1. The van der Waals surface area contributed by atoms with E-state index in [1.807, 2.05) is 13.8 Å². The zero-order valence-electron chi connectivity index (χ0n) is 15.3. The number of aryl methyl sites for hydroxylation is 1. The van der Waals surface area contributed by atoms with Crippen LogP contribution in [0.15, 0.2) is 66.7 Å². The lowest BCUT2D eigenvalue weighted by molar-refractivity contribution is 0.466. The highest BCUT2D eigenvalue weighted by atomic mass is 31.1. The Balaban J connectivity index is 2.15. The van der Waals surface area contributed by atoms with Gasteiger partial charge in [-0.05, 0) is 61.6 Å². The lowest BCUT2D eigenvalue weighted by Gasteiger charge is -2.28. The molecule has 1 unspecified atom stereocenters. The molecule has 0 spiro atoms. The van der Waals surface area contributed by atoms with E-state index in [4.69, 9.17) is 0 Å². The quantitative estimate of drug-likeness (QED) is 0.616. The fourth-order valence-corrected chi connectivity index (χ4v) is 6.17. The third kappa shape index (κ3) is 3.48. The Kier molecular flexibility index (Phi) is 5.25. The molecular weight excluding hydrogens is 323 g/mol. The minimum absolute atomic E-state index is 0.373. The van der Waals surface area contributed by atoms with Crippen molar-refractivity contribution in [2.75, 3.05) is 0 Å². The second-order valence-electron chi connectivity index (χ2n) is 6.60. The van der Waals surface area contributed by atoms with Gasteiger partial charge in [0.05, 0.1) is 0 Å². The van der Waals surface area contributed by atoms with E-state index >= 15 is 0 Å². The van der Waals surface area contributed by atoms with Crippen LogP contribution in [0.2, 0.25) is 0 Å². The van der Waals surface area contributed by atoms with Crippen molar-refractivity contribution in [3.63, 3.8) is 0 Å². The van der Waals surface area contributed by atoms with Crippen molar-refractivity contribution < 1.29 is 5.11 Å². The van der Waals surface area contributed by atoms with E-state index in [0.29, 0.717) is 11.4 Å². The first-order valence-corrected chi connectivity index (χ1v) is 10.1. The highest BCUT2D eigenvalue weighted by molar-refractivity contribution is 7.73. The molecule has 3 rings (SSSR count). The van der Waals surface area contributed by atoms with E-state index in [-0.39, 0.29) is 0 Å². The zero-order valence-corrected chi connectivity index (χ0v) is 16.2. The van der Waals surface area contributed by atoms with Crippen molar-refractivity contribution in [2.45, 2.75) is 33.4 Å². The first-order chi connectivity index (χ1) is 12.0. The Morgan fingerprint density at radius 3 is 1.72 bits per heavy atom. The molecule has 0 bridgehead atoms. The predicted molar refractivity (Wildman–Crippen MR) is 110 cm³/mol. The fourth-order valence-electron chi connectivity index (χ4n) is 3.45. The molecule has 0 radical (unpaired) electrons. The van der Waals surface area contributed by atoms with Gasteiger partial charge in [0.2, 0.25) is 0 Å². The number of benzene rings is 3. The van der Waals surface area contributed by atoms with E-state index in [0.717, 1.165) is 11.1 Å². The summed E-state index contributed by atoms with van der Waals surface area (Å²) in [4.78, 5) is 0. The largest absolute Gasteiger partial charge is 0.507 e. The lowest BCUT2D eigenvalue weighted by atomic mass is 9.97. The third-order valence-electron chi connectivity index (χ3n) is 5.00. The van der Waals surface area contributed by atoms with Gasteiger partial charge < -0.3 is 5.11 Å². The molecule has 0 aliphatic rings. The summed E-state index contributed by atoms with van der Waals surface area (Å²) in [6, 6.07) is 23.8. The highest BCUT2D eigenvalue weighted by Gasteiger charge is 2.25. The van der Waals surface area contributed by atoms with Gasteiger partial charge in [-0.15, -0.1) is 0 Å². The molecule has 0 heterocycles. The minimum atomic E-state index is -0.521. The Morgan fingerprint density at radius 1 is 0.760 bits per heavy atom. The summed E-state index contributed by atoms with van der Waals surface area (Å²) in [7, 11) is -0.521. The molecule has 0 aliphatic heterocycles. The predicted octanol–water partition coefficient (Wildman–Crippen LogP) is 5.51. The number of hydrogen-bond acceptors (Lipinski definition) is 1. The third-order valence-corrected chi connectivity index (χ3v) is 7.76. The van der Waals surface area contributed by atoms with Gasteiger partial charge in [0, 0.05) is 5.66 Å². The van der Waals surface area contributed by atoms with Gasteiger partial charge in [-0.3, -0.25) is 0 Å². The van der Waals surface area contributed by atoms with Crippen LogP contribution in [0.5, 0.6) is 5.75 Å². The van der Waals surface area contributed by atoms with Crippen LogP contribution >= 0.6 is 7.92 Å². The van der Waals surface area contributed by atoms with Crippen molar-refractivity contribution in [2.24, 2.45) is 0 Å². The van der Waals surface area contributed by atoms with Gasteiger partial charge in [0.25, 0.3) is 0 Å². The monoisotopic (exact) mass is 348 g/mol. The average Bonchev–Trinajstić information content (AvgIpc) is 2.65. The Hall–Kier alpha value is -2.11. The summed E-state index contributed by atoms with van der Waals surface area (Å²) >= 11 is 0. The van der Waals surface area contributed by atoms with Gasteiger partial charge in [-0.2, -0.15) is 0 Å². The Labute approximate surface area is 152 Å². The minimum Gasteiger partial charge on any atom is -0.507 e. The number of hydrogen-bond donors (Lipinski definition) is 1. The van der Waals surface area contributed by atoms with Gasteiger partial charge >= 0.3 is 0 Å². The van der Waals surface area contributed by atoms with E-state index in [2.05, 4.69) is 80.6 Å². The highest BCUT2D eigenvalue weighted by Crippen LogP contribution is 2.51. The van der Waals surface area contributed by atoms with E-state index in [1.165, 1.54) is 21.7 Å². The van der Waals surface area contributed by atoms with Gasteiger partial charge in [-0.25, -0.2) is 0 Å². The van der Waals surface area contributed by atoms with Crippen LogP contribution in [-0.2, 0) is 0 Å². The summed E-state index contributed by atoms with van der Waals surface area (Å²) in [6.45, 7) is 8.46. The molecule has 0 aliphatic carbocycles. The molecule has 128 valence electrons. The molecule has 2 heteroatoms. The van der Waals surface area contributed by atoms with Crippen molar-refractivity contribution in [1.82, 2.24) is 0 Å². The Morgan fingerprint density at radius 2 is 1.24 bits per heavy atom. The van der Waals surface area contributed by atoms with Crippen LogP contribution in [0.3, 0.4) is 0 Å². The molecule has 25 heavy (non-hydrogen) atoms. The van der Waals surface area contributed by atoms with Crippen LogP contribution < -0.4 is 10.6 Å². The molecule has 0 saturated heterocycles. The molecule has 0 saturated carbocycles. The van der Waals surface area contributed by atoms with E-state index < -0.39 is 7.92 Å².